The zero-order valence-electron chi connectivity index (χ0n) is 16.2. The number of unbranched alkanes of at least 4 members (excludes halogenated alkanes) is 1. The molecule has 4 nitrogen and oxygen atoms in total. The molecule has 1 heterocycles. The van der Waals surface area contributed by atoms with Crippen molar-refractivity contribution in [1.82, 2.24) is 0 Å². The third-order valence-electron chi connectivity index (χ3n) is 5.64. The smallest absolute Gasteiger partial charge is 0.325 e. The number of hydrogen-bond donors (Lipinski definition) is 3. The normalized spacial score (nSPS) is 18.8. The molecule has 1 aromatic heterocycles. The van der Waals surface area contributed by atoms with Crippen LogP contribution in [-0.2, 0) is 17.4 Å². The van der Waals surface area contributed by atoms with Crippen molar-refractivity contribution in [2.45, 2.75) is 89.5 Å². The van der Waals surface area contributed by atoms with Crippen LogP contribution in [0, 0.1) is 5.92 Å². The first-order chi connectivity index (χ1) is 12.2. The molecule has 1 saturated carbocycles. The highest BCUT2D eigenvalue weighted by Gasteiger charge is 2.23. The number of thiophene rings is 1. The van der Waals surface area contributed by atoms with Gasteiger partial charge >= 0.3 is 7.60 Å². The Morgan fingerprint density at radius 2 is 1.77 bits per heavy atom. The molecular formula is C20H36NO3PS. The van der Waals surface area contributed by atoms with E-state index < -0.39 is 13.1 Å². The summed E-state index contributed by atoms with van der Waals surface area (Å²) in [5.74, 6) is 0.984. The molecule has 1 aromatic rings. The van der Waals surface area contributed by atoms with Gasteiger partial charge in [0.1, 0.15) is 0 Å². The van der Waals surface area contributed by atoms with Gasteiger partial charge in [0, 0.05) is 15.3 Å². The molecule has 0 radical (unpaired) electrons. The fourth-order valence-electron chi connectivity index (χ4n) is 3.83. The summed E-state index contributed by atoms with van der Waals surface area (Å²) in [6, 6.07) is 4.43. The van der Waals surface area contributed by atoms with Gasteiger partial charge in [-0.25, -0.2) is 0 Å². The lowest BCUT2D eigenvalue weighted by atomic mass is 9.85. The van der Waals surface area contributed by atoms with E-state index in [1.807, 2.05) is 18.3 Å². The Kier molecular flexibility index (Phi) is 8.82. The van der Waals surface area contributed by atoms with E-state index >= 15 is 0 Å². The summed E-state index contributed by atoms with van der Waals surface area (Å²) in [4.78, 5) is 20.8. The predicted octanol–water partition coefficient (Wildman–Crippen LogP) is 5.26. The van der Waals surface area contributed by atoms with Gasteiger partial charge in [0.15, 0.2) is 0 Å². The molecule has 0 bridgehead atoms. The minimum atomic E-state index is -3.96. The van der Waals surface area contributed by atoms with Crippen LogP contribution in [0.2, 0.25) is 0 Å². The maximum atomic E-state index is 11.0. The van der Waals surface area contributed by atoms with Crippen LogP contribution in [-0.4, -0.2) is 21.5 Å². The zero-order chi connectivity index (χ0) is 19.0. The standard InChI is InChI=1S/C20H36NO3PS/c1-20(21,15-16-25(22,23)24)14-13-19-12-11-18(26-19)10-6-5-9-17-7-3-2-4-8-17/h11-12,17H,2-10,13-16,21H2,1H3,(H2,22,23,24). The van der Waals surface area contributed by atoms with E-state index in [-0.39, 0.29) is 6.16 Å². The van der Waals surface area contributed by atoms with Crippen molar-refractivity contribution in [1.29, 1.82) is 0 Å². The van der Waals surface area contributed by atoms with Gasteiger partial charge in [0.05, 0.1) is 6.16 Å². The molecule has 1 unspecified atom stereocenters. The van der Waals surface area contributed by atoms with E-state index in [1.54, 1.807) is 0 Å². The summed E-state index contributed by atoms with van der Waals surface area (Å²) in [7, 11) is -3.96. The highest BCUT2D eigenvalue weighted by molar-refractivity contribution is 7.51. The van der Waals surface area contributed by atoms with Gasteiger partial charge < -0.3 is 15.5 Å². The summed E-state index contributed by atoms with van der Waals surface area (Å²) in [6.07, 6.45) is 14.3. The molecule has 150 valence electrons. The fraction of sp³-hybridized carbons (Fsp3) is 0.800. The van der Waals surface area contributed by atoms with Gasteiger partial charge in [0.25, 0.3) is 0 Å². The van der Waals surface area contributed by atoms with Crippen molar-refractivity contribution in [2.75, 3.05) is 6.16 Å². The van der Waals surface area contributed by atoms with E-state index in [2.05, 4.69) is 12.1 Å². The second kappa shape index (κ2) is 10.4. The lowest BCUT2D eigenvalue weighted by Crippen LogP contribution is -2.37. The molecule has 4 N–H and O–H groups in total. The summed E-state index contributed by atoms with van der Waals surface area (Å²) in [5.41, 5.74) is 5.69. The maximum Gasteiger partial charge on any atom is 0.325 e. The van der Waals surface area contributed by atoms with Crippen molar-refractivity contribution in [2.24, 2.45) is 11.7 Å². The Hall–Kier alpha value is -0.190. The van der Waals surface area contributed by atoms with Crippen molar-refractivity contribution < 1.29 is 14.4 Å². The average Bonchev–Trinajstić information content (AvgIpc) is 3.04. The summed E-state index contributed by atoms with van der Waals surface area (Å²) in [5, 5.41) is 0. The second-order valence-electron chi connectivity index (χ2n) is 8.41. The second-order valence-corrected chi connectivity index (χ2v) is 11.4. The third kappa shape index (κ3) is 9.14. The molecule has 2 rings (SSSR count). The van der Waals surface area contributed by atoms with Gasteiger partial charge in [-0.2, -0.15) is 0 Å². The molecule has 1 aliphatic carbocycles. The van der Waals surface area contributed by atoms with Crippen LogP contribution in [0.1, 0.15) is 80.9 Å². The van der Waals surface area contributed by atoms with Crippen LogP contribution >= 0.6 is 18.9 Å². The summed E-state index contributed by atoms with van der Waals surface area (Å²) < 4.78 is 11.0. The highest BCUT2D eigenvalue weighted by atomic mass is 32.1. The van der Waals surface area contributed by atoms with E-state index in [9.17, 15) is 4.57 Å². The van der Waals surface area contributed by atoms with E-state index in [0.717, 1.165) is 18.8 Å². The van der Waals surface area contributed by atoms with Crippen molar-refractivity contribution >= 4 is 18.9 Å². The first kappa shape index (κ1) is 22.1. The third-order valence-corrected chi connectivity index (χ3v) is 7.66. The number of rotatable bonds is 11. The quantitative estimate of drug-likeness (QED) is 0.349. The molecule has 0 spiro atoms. The first-order valence-corrected chi connectivity index (χ1v) is 12.8. The molecule has 0 amide bonds. The van der Waals surface area contributed by atoms with E-state index in [1.165, 1.54) is 67.5 Å². The van der Waals surface area contributed by atoms with Crippen LogP contribution < -0.4 is 5.73 Å². The monoisotopic (exact) mass is 401 g/mol. The molecule has 0 aromatic carbocycles. The van der Waals surface area contributed by atoms with Crippen molar-refractivity contribution in [3.63, 3.8) is 0 Å². The average molecular weight is 402 g/mol. The Morgan fingerprint density at radius 3 is 2.42 bits per heavy atom. The van der Waals surface area contributed by atoms with Crippen molar-refractivity contribution in [3.05, 3.63) is 21.9 Å². The maximum absolute atomic E-state index is 11.0. The predicted molar refractivity (Wildman–Crippen MR) is 111 cm³/mol. The van der Waals surface area contributed by atoms with Crippen LogP contribution in [0.25, 0.3) is 0 Å². The van der Waals surface area contributed by atoms with Crippen LogP contribution in [0.4, 0.5) is 0 Å². The van der Waals surface area contributed by atoms with Gasteiger partial charge in [-0.15, -0.1) is 11.3 Å². The Morgan fingerprint density at radius 1 is 1.12 bits per heavy atom. The minimum absolute atomic E-state index is 0.128. The van der Waals surface area contributed by atoms with Gasteiger partial charge in [-0.3, -0.25) is 4.57 Å². The summed E-state index contributed by atoms with van der Waals surface area (Å²) in [6.45, 7) is 1.89. The molecule has 0 saturated heterocycles. The van der Waals surface area contributed by atoms with Gasteiger partial charge in [0.2, 0.25) is 0 Å². The molecule has 6 heteroatoms. The molecule has 1 atom stereocenters. The lowest BCUT2D eigenvalue weighted by molar-refractivity contribution is 0.330. The lowest BCUT2D eigenvalue weighted by Gasteiger charge is -2.24. The van der Waals surface area contributed by atoms with E-state index in [0.29, 0.717) is 6.42 Å². The Labute approximate surface area is 162 Å². The minimum Gasteiger partial charge on any atom is -0.325 e. The topological polar surface area (TPSA) is 83.6 Å². The van der Waals surface area contributed by atoms with Crippen LogP contribution in [0.3, 0.4) is 0 Å². The molecular weight excluding hydrogens is 365 g/mol. The van der Waals surface area contributed by atoms with Gasteiger partial charge in [-0.05, 0) is 57.1 Å². The Bertz CT molecular complexity index is 575. The first-order valence-electron chi connectivity index (χ1n) is 10.1. The van der Waals surface area contributed by atoms with Crippen LogP contribution in [0.15, 0.2) is 12.1 Å². The van der Waals surface area contributed by atoms with E-state index in [4.69, 9.17) is 15.5 Å². The van der Waals surface area contributed by atoms with Crippen molar-refractivity contribution in [3.8, 4) is 0 Å². The molecule has 26 heavy (non-hydrogen) atoms. The number of nitrogens with two attached hydrogens (primary N) is 1. The van der Waals surface area contributed by atoms with Gasteiger partial charge in [-0.1, -0.05) is 44.9 Å². The fourth-order valence-corrected chi connectivity index (χ4v) is 5.70. The number of hydrogen-bond acceptors (Lipinski definition) is 3. The molecule has 1 fully saturated rings. The molecule has 0 aliphatic heterocycles. The summed E-state index contributed by atoms with van der Waals surface area (Å²) >= 11 is 1.87. The highest BCUT2D eigenvalue weighted by Crippen LogP contribution is 2.37. The SMILES string of the molecule is CC(N)(CCc1ccc(CCCCC2CCCCC2)s1)CCP(=O)(O)O. The zero-order valence-corrected chi connectivity index (χ0v) is 17.9. The van der Waals surface area contributed by atoms with Crippen LogP contribution in [0.5, 0.6) is 0 Å². The molecule has 1 aliphatic rings. The number of aryl methyl sites for hydroxylation is 2. The largest absolute Gasteiger partial charge is 0.325 e. The Balaban J connectivity index is 1.64.